The average Bonchev–Trinajstić information content (AvgIpc) is 3.22. The molecule has 4 aliphatic carbocycles. The maximum atomic E-state index is 5.52. The molecule has 108 valence electrons. The zero-order chi connectivity index (χ0) is 11.7. The first kappa shape index (κ1) is 12.6. The van der Waals surface area contributed by atoms with Crippen LogP contribution in [0, 0.1) is 35.5 Å². The normalized spacial score (nSPS) is 56.8. The molecule has 2 saturated heterocycles. The Morgan fingerprint density at radius 3 is 1.74 bits per heavy atom. The molecule has 6 rings (SSSR count). The molecule has 19 heavy (non-hydrogen) atoms. The lowest BCUT2D eigenvalue weighted by Crippen LogP contribution is -2.51. The first-order valence-corrected chi connectivity index (χ1v) is 8.10. The summed E-state index contributed by atoms with van der Waals surface area (Å²) < 4.78 is 11.0. The molecule has 0 aromatic heterocycles. The number of hydrogen-bond acceptors (Lipinski definition) is 3. The molecule has 2 heterocycles. The molecular weight excluding hydrogens is 238 g/mol. The van der Waals surface area contributed by atoms with E-state index in [2.05, 4.69) is 0 Å². The molecule has 3 N–H and O–H groups in total. The van der Waals surface area contributed by atoms with Gasteiger partial charge >= 0.3 is 0 Å². The van der Waals surface area contributed by atoms with E-state index in [1.54, 1.807) is 25.7 Å². The zero-order valence-corrected chi connectivity index (χ0v) is 11.8. The van der Waals surface area contributed by atoms with Gasteiger partial charge in [-0.2, -0.15) is 0 Å². The number of hydrogen-bond donors (Lipinski definition) is 1. The van der Waals surface area contributed by atoms with E-state index in [-0.39, 0.29) is 6.15 Å². The first-order chi connectivity index (χ1) is 8.87. The second-order valence-corrected chi connectivity index (χ2v) is 7.70. The maximum absolute atomic E-state index is 5.52. The third kappa shape index (κ3) is 2.14. The minimum absolute atomic E-state index is 0. The molecule has 0 aromatic carbocycles. The lowest BCUT2D eigenvalue weighted by atomic mass is 9.46. The van der Waals surface area contributed by atoms with Crippen molar-refractivity contribution in [2.45, 2.75) is 50.7 Å². The van der Waals surface area contributed by atoms with Crippen molar-refractivity contribution < 1.29 is 9.47 Å². The fraction of sp³-hybridized carbons (Fsp3) is 1.00. The van der Waals surface area contributed by atoms with Gasteiger partial charge in [0.15, 0.2) is 0 Å². The Hall–Kier alpha value is -0.120. The third-order valence-electron chi connectivity index (χ3n) is 6.67. The van der Waals surface area contributed by atoms with Crippen molar-refractivity contribution in [1.82, 2.24) is 6.15 Å². The molecule has 0 radical (unpaired) electrons. The van der Waals surface area contributed by atoms with Crippen LogP contribution in [-0.4, -0.2) is 25.4 Å². The molecule has 3 heteroatoms. The van der Waals surface area contributed by atoms with Gasteiger partial charge in [-0.3, -0.25) is 0 Å². The summed E-state index contributed by atoms with van der Waals surface area (Å²) in [7, 11) is 0. The van der Waals surface area contributed by atoms with E-state index in [9.17, 15) is 0 Å². The van der Waals surface area contributed by atoms with Gasteiger partial charge in [0, 0.05) is 0 Å². The summed E-state index contributed by atoms with van der Waals surface area (Å²) in [6.45, 7) is 2.11. The van der Waals surface area contributed by atoms with Gasteiger partial charge in [0.05, 0.1) is 25.4 Å². The summed E-state index contributed by atoms with van der Waals surface area (Å²) in [4.78, 5) is 0. The van der Waals surface area contributed by atoms with E-state index in [0.717, 1.165) is 48.7 Å². The summed E-state index contributed by atoms with van der Waals surface area (Å²) in [5, 5.41) is 0. The SMILES string of the molecule is C1OC1CC1C2CC3CC(C2)C(CC2CO2)C1C3.N. The van der Waals surface area contributed by atoms with Crippen molar-refractivity contribution in [1.29, 1.82) is 0 Å². The van der Waals surface area contributed by atoms with Crippen molar-refractivity contribution in [3.8, 4) is 0 Å². The minimum Gasteiger partial charge on any atom is -0.373 e. The Labute approximate surface area is 116 Å². The van der Waals surface area contributed by atoms with Crippen LogP contribution in [0.2, 0.25) is 0 Å². The fourth-order valence-corrected chi connectivity index (χ4v) is 5.93. The van der Waals surface area contributed by atoms with Crippen molar-refractivity contribution >= 4 is 0 Å². The topological polar surface area (TPSA) is 60.1 Å². The van der Waals surface area contributed by atoms with Crippen LogP contribution in [0.1, 0.15) is 38.5 Å². The van der Waals surface area contributed by atoms with Crippen LogP contribution >= 0.6 is 0 Å². The Balaban J connectivity index is 0.000000968. The molecule has 2 aliphatic heterocycles. The van der Waals surface area contributed by atoms with E-state index in [0.29, 0.717) is 12.2 Å². The van der Waals surface area contributed by atoms with Crippen LogP contribution in [0.25, 0.3) is 0 Å². The molecular formula is C16H27NO2. The van der Waals surface area contributed by atoms with E-state index in [4.69, 9.17) is 9.47 Å². The summed E-state index contributed by atoms with van der Waals surface area (Å²) in [5.41, 5.74) is 0. The van der Waals surface area contributed by atoms with E-state index >= 15 is 0 Å². The van der Waals surface area contributed by atoms with Crippen molar-refractivity contribution in [2.75, 3.05) is 13.2 Å². The van der Waals surface area contributed by atoms with Crippen molar-refractivity contribution in [2.24, 2.45) is 35.5 Å². The molecule has 4 bridgehead atoms. The molecule has 6 aliphatic rings. The first-order valence-electron chi connectivity index (χ1n) is 8.10. The van der Waals surface area contributed by atoms with Crippen LogP contribution in [0.15, 0.2) is 0 Å². The number of rotatable bonds is 4. The predicted molar refractivity (Wildman–Crippen MR) is 73.1 cm³/mol. The van der Waals surface area contributed by atoms with Gasteiger partial charge in [0.1, 0.15) is 0 Å². The smallest absolute Gasteiger partial charge is 0.0812 e. The maximum Gasteiger partial charge on any atom is 0.0812 e. The Kier molecular flexibility index (Phi) is 2.95. The Bertz CT molecular complexity index is 323. The highest BCUT2D eigenvalue weighted by Crippen LogP contribution is 2.61. The molecule has 6 unspecified atom stereocenters. The van der Waals surface area contributed by atoms with Crippen LogP contribution in [0.4, 0.5) is 0 Å². The average molecular weight is 265 g/mol. The molecule has 6 atom stereocenters. The van der Waals surface area contributed by atoms with Crippen LogP contribution < -0.4 is 6.15 Å². The largest absolute Gasteiger partial charge is 0.373 e. The quantitative estimate of drug-likeness (QED) is 0.795. The lowest BCUT2D eigenvalue weighted by Gasteiger charge is -2.58. The predicted octanol–water partition coefficient (Wildman–Crippen LogP) is 3.02. The second kappa shape index (κ2) is 4.44. The highest BCUT2D eigenvalue weighted by Gasteiger charge is 2.54. The lowest BCUT2D eigenvalue weighted by molar-refractivity contribution is -0.0936. The second-order valence-electron chi connectivity index (χ2n) is 7.70. The molecule has 4 saturated carbocycles. The molecule has 6 fully saturated rings. The van der Waals surface area contributed by atoms with Crippen molar-refractivity contribution in [3.63, 3.8) is 0 Å². The zero-order valence-electron chi connectivity index (χ0n) is 11.8. The number of ether oxygens (including phenoxy) is 2. The molecule has 0 spiro atoms. The van der Waals surface area contributed by atoms with Gasteiger partial charge in [-0.25, -0.2) is 0 Å². The van der Waals surface area contributed by atoms with Gasteiger partial charge < -0.3 is 15.6 Å². The monoisotopic (exact) mass is 265 g/mol. The Morgan fingerprint density at radius 1 is 0.737 bits per heavy atom. The standard InChI is InChI=1S/C16H24O2.H3N/c1-9-2-11-4-10(1)14(5-12-7-17-12)16(3-9)15(11)6-13-8-18-13;/h9-16H,1-8H2;1H3. The van der Waals surface area contributed by atoms with Crippen LogP contribution in [0.3, 0.4) is 0 Å². The minimum atomic E-state index is 0. The van der Waals surface area contributed by atoms with Crippen molar-refractivity contribution in [3.05, 3.63) is 0 Å². The summed E-state index contributed by atoms with van der Waals surface area (Å²) in [5.74, 6) is 6.27. The summed E-state index contributed by atoms with van der Waals surface area (Å²) in [6.07, 6.45) is 10.3. The van der Waals surface area contributed by atoms with E-state index < -0.39 is 0 Å². The van der Waals surface area contributed by atoms with Gasteiger partial charge in [-0.15, -0.1) is 0 Å². The van der Waals surface area contributed by atoms with E-state index in [1.807, 2.05) is 0 Å². The highest BCUT2D eigenvalue weighted by molar-refractivity contribution is 5.04. The number of epoxide rings is 2. The van der Waals surface area contributed by atoms with Gasteiger partial charge in [0.2, 0.25) is 0 Å². The molecule has 3 nitrogen and oxygen atoms in total. The van der Waals surface area contributed by atoms with Crippen LogP contribution in [-0.2, 0) is 9.47 Å². The summed E-state index contributed by atoms with van der Waals surface area (Å²) >= 11 is 0. The van der Waals surface area contributed by atoms with E-state index in [1.165, 1.54) is 12.8 Å². The highest BCUT2D eigenvalue weighted by atomic mass is 16.6. The van der Waals surface area contributed by atoms with Crippen LogP contribution in [0.5, 0.6) is 0 Å². The third-order valence-corrected chi connectivity index (χ3v) is 6.67. The molecule has 0 amide bonds. The van der Waals surface area contributed by atoms with Gasteiger partial charge in [-0.05, 0) is 74.0 Å². The summed E-state index contributed by atoms with van der Waals surface area (Å²) in [6, 6.07) is 0. The van der Waals surface area contributed by atoms with Gasteiger partial charge in [0.25, 0.3) is 0 Å². The Morgan fingerprint density at radius 2 is 1.26 bits per heavy atom. The fourth-order valence-electron chi connectivity index (χ4n) is 5.93. The van der Waals surface area contributed by atoms with Gasteiger partial charge in [-0.1, -0.05) is 0 Å². The molecule has 0 aromatic rings.